The highest BCUT2D eigenvalue weighted by Gasteiger charge is 2.22. The zero-order valence-corrected chi connectivity index (χ0v) is 16.2. The number of nitrogens with zero attached hydrogens (tertiary/aromatic N) is 1. The lowest BCUT2D eigenvalue weighted by Gasteiger charge is -2.35. The first-order valence-corrected chi connectivity index (χ1v) is 9.44. The van der Waals surface area contributed by atoms with Gasteiger partial charge in [0.05, 0.1) is 33.4 Å². The maximum absolute atomic E-state index is 12.2. The lowest BCUT2D eigenvalue weighted by molar-refractivity contribution is -0.122. The Morgan fingerprint density at radius 3 is 2.58 bits per heavy atom. The van der Waals surface area contributed by atoms with E-state index in [2.05, 4.69) is 24.1 Å². The monoisotopic (exact) mass is 364 g/mol. The molecule has 0 saturated carbocycles. The van der Waals surface area contributed by atoms with Gasteiger partial charge in [0.25, 0.3) is 0 Å². The zero-order valence-electron chi connectivity index (χ0n) is 16.2. The van der Waals surface area contributed by atoms with Gasteiger partial charge in [-0.3, -0.25) is 9.69 Å². The van der Waals surface area contributed by atoms with Crippen LogP contribution in [0.2, 0.25) is 0 Å². The Morgan fingerprint density at radius 2 is 1.92 bits per heavy atom. The summed E-state index contributed by atoms with van der Waals surface area (Å²) < 4.78 is 16.4. The quantitative estimate of drug-likeness (QED) is 0.690. The fourth-order valence-electron chi connectivity index (χ4n) is 3.16. The van der Waals surface area contributed by atoms with Crippen molar-refractivity contribution in [3.05, 3.63) is 24.3 Å². The average molecular weight is 364 g/mol. The summed E-state index contributed by atoms with van der Waals surface area (Å²) >= 11 is 0. The zero-order chi connectivity index (χ0) is 18.8. The van der Waals surface area contributed by atoms with E-state index in [0.717, 1.165) is 32.7 Å². The molecule has 26 heavy (non-hydrogen) atoms. The molecule has 1 aromatic carbocycles. The maximum atomic E-state index is 12.2. The number of hydrogen-bond donors (Lipinski definition) is 1. The van der Waals surface area contributed by atoms with Crippen molar-refractivity contribution in [2.75, 3.05) is 46.6 Å². The molecule has 2 rings (SSSR count). The first-order valence-electron chi connectivity index (χ1n) is 9.44. The molecule has 1 fully saturated rings. The standard InChI is InChI=1S/C20H32N2O4/c1-16(2)14-17(22-9-12-25-13-10-22)15-21-20(23)8-11-26-19-7-5-4-6-18(19)24-3/h4-7,16-17H,8-15H2,1-3H3,(H,21,23). The van der Waals surface area contributed by atoms with E-state index in [1.807, 2.05) is 24.3 Å². The first kappa shape index (κ1) is 20.5. The molecular weight excluding hydrogens is 332 g/mol. The number of nitrogens with one attached hydrogen (secondary N) is 1. The van der Waals surface area contributed by atoms with Crippen LogP contribution >= 0.6 is 0 Å². The fourth-order valence-corrected chi connectivity index (χ4v) is 3.16. The molecule has 6 nitrogen and oxygen atoms in total. The number of carbonyl (C=O) groups excluding carboxylic acids is 1. The van der Waals surface area contributed by atoms with Crippen molar-refractivity contribution in [1.82, 2.24) is 10.2 Å². The lowest BCUT2D eigenvalue weighted by atomic mass is 10.0. The molecule has 6 heteroatoms. The molecule has 0 radical (unpaired) electrons. The molecule has 1 amide bonds. The molecule has 0 aromatic heterocycles. The Kier molecular flexibility index (Phi) is 8.71. The molecule has 1 aliphatic rings. The first-order chi connectivity index (χ1) is 12.6. The van der Waals surface area contributed by atoms with E-state index in [9.17, 15) is 4.79 Å². The average Bonchev–Trinajstić information content (AvgIpc) is 2.66. The predicted octanol–water partition coefficient (Wildman–Crippen LogP) is 2.33. The summed E-state index contributed by atoms with van der Waals surface area (Å²) in [6.07, 6.45) is 1.40. The van der Waals surface area contributed by atoms with Crippen molar-refractivity contribution in [3.63, 3.8) is 0 Å². The van der Waals surface area contributed by atoms with E-state index in [1.54, 1.807) is 7.11 Å². The van der Waals surface area contributed by atoms with Crippen LogP contribution in [-0.4, -0.2) is 63.4 Å². The van der Waals surface area contributed by atoms with Crippen molar-refractivity contribution in [1.29, 1.82) is 0 Å². The van der Waals surface area contributed by atoms with Crippen LogP contribution < -0.4 is 14.8 Å². The van der Waals surface area contributed by atoms with Gasteiger partial charge in [-0.25, -0.2) is 0 Å². The van der Waals surface area contributed by atoms with Crippen LogP contribution in [0.15, 0.2) is 24.3 Å². The number of morpholine rings is 1. The van der Waals surface area contributed by atoms with Gasteiger partial charge in [0.1, 0.15) is 0 Å². The summed E-state index contributed by atoms with van der Waals surface area (Å²) in [5.41, 5.74) is 0. The van der Waals surface area contributed by atoms with Crippen LogP contribution in [0.5, 0.6) is 11.5 Å². The molecule has 146 valence electrons. The van der Waals surface area contributed by atoms with Crippen LogP contribution in [0.25, 0.3) is 0 Å². The molecule has 1 saturated heterocycles. The highest BCUT2D eigenvalue weighted by atomic mass is 16.5. The number of para-hydroxylation sites is 2. The molecule has 1 unspecified atom stereocenters. The molecule has 0 bridgehead atoms. The second-order valence-corrected chi connectivity index (χ2v) is 6.99. The molecular formula is C20H32N2O4. The van der Waals surface area contributed by atoms with E-state index < -0.39 is 0 Å². The van der Waals surface area contributed by atoms with E-state index >= 15 is 0 Å². The Morgan fingerprint density at radius 1 is 1.23 bits per heavy atom. The van der Waals surface area contributed by atoms with Crippen molar-refractivity contribution in [3.8, 4) is 11.5 Å². The van der Waals surface area contributed by atoms with E-state index in [1.165, 1.54) is 0 Å². The van der Waals surface area contributed by atoms with Gasteiger partial charge >= 0.3 is 0 Å². The number of rotatable bonds is 10. The summed E-state index contributed by atoms with van der Waals surface area (Å²) in [6, 6.07) is 7.82. The van der Waals surface area contributed by atoms with Gasteiger partial charge in [0, 0.05) is 25.7 Å². The third-order valence-corrected chi connectivity index (χ3v) is 4.50. The van der Waals surface area contributed by atoms with Crippen molar-refractivity contribution < 1.29 is 19.0 Å². The van der Waals surface area contributed by atoms with Crippen LogP contribution in [0.1, 0.15) is 26.7 Å². The number of hydrogen-bond acceptors (Lipinski definition) is 5. The Labute approximate surface area is 156 Å². The van der Waals surface area contributed by atoms with Crippen LogP contribution in [0, 0.1) is 5.92 Å². The molecule has 1 aromatic rings. The third-order valence-electron chi connectivity index (χ3n) is 4.50. The minimum atomic E-state index is 0.0157. The summed E-state index contributed by atoms with van der Waals surface area (Å²) in [4.78, 5) is 14.6. The fraction of sp³-hybridized carbons (Fsp3) is 0.650. The van der Waals surface area contributed by atoms with Gasteiger partial charge in [0.15, 0.2) is 11.5 Å². The molecule has 0 spiro atoms. The van der Waals surface area contributed by atoms with E-state index in [4.69, 9.17) is 14.2 Å². The molecule has 0 aliphatic carbocycles. The molecule has 1 aliphatic heterocycles. The Bertz CT molecular complexity index is 544. The second-order valence-electron chi connectivity index (χ2n) is 6.99. The molecule has 1 atom stereocenters. The third kappa shape index (κ3) is 6.84. The van der Waals surface area contributed by atoms with Crippen molar-refractivity contribution in [2.24, 2.45) is 5.92 Å². The van der Waals surface area contributed by atoms with Gasteiger partial charge in [-0.1, -0.05) is 26.0 Å². The van der Waals surface area contributed by atoms with Gasteiger partial charge in [-0.05, 0) is 24.5 Å². The topological polar surface area (TPSA) is 60.0 Å². The maximum Gasteiger partial charge on any atom is 0.223 e. The van der Waals surface area contributed by atoms with Gasteiger partial charge in [-0.2, -0.15) is 0 Å². The molecule has 1 heterocycles. The number of carbonyl (C=O) groups is 1. The van der Waals surface area contributed by atoms with Crippen molar-refractivity contribution >= 4 is 5.91 Å². The Balaban J connectivity index is 1.74. The van der Waals surface area contributed by atoms with Gasteiger partial charge < -0.3 is 19.5 Å². The predicted molar refractivity (Wildman–Crippen MR) is 102 cm³/mol. The van der Waals surface area contributed by atoms with Gasteiger partial charge in [-0.15, -0.1) is 0 Å². The SMILES string of the molecule is COc1ccccc1OCCC(=O)NCC(CC(C)C)N1CCOCC1. The number of methoxy groups -OCH3 is 1. The highest BCUT2D eigenvalue weighted by molar-refractivity contribution is 5.76. The summed E-state index contributed by atoms with van der Waals surface area (Å²) in [5, 5.41) is 3.07. The van der Waals surface area contributed by atoms with E-state index in [-0.39, 0.29) is 5.91 Å². The van der Waals surface area contributed by atoms with Crippen LogP contribution in [0.3, 0.4) is 0 Å². The summed E-state index contributed by atoms with van der Waals surface area (Å²) in [5.74, 6) is 1.95. The van der Waals surface area contributed by atoms with Crippen LogP contribution in [0.4, 0.5) is 0 Å². The minimum Gasteiger partial charge on any atom is -0.493 e. The smallest absolute Gasteiger partial charge is 0.223 e. The molecule has 1 N–H and O–H groups in total. The van der Waals surface area contributed by atoms with E-state index in [0.29, 0.717) is 43.0 Å². The highest BCUT2D eigenvalue weighted by Crippen LogP contribution is 2.25. The minimum absolute atomic E-state index is 0.0157. The number of ether oxygens (including phenoxy) is 3. The van der Waals surface area contributed by atoms with Crippen LogP contribution in [-0.2, 0) is 9.53 Å². The Hall–Kier alpha value is -1.79. The normalized spacial score (nSPS) is 16.3. The summed E-state index contributed by atoms with van der Waals surface area (Å²) in [6.45, 7) is 8.86. The van der Waals surface area contributed by atoms with Gasteiger partial charge in [0.2, 0.25) is 5.91 Å². The summed E-state index contributed by atoms with van der Waals surface area (Å²) in [7, 11) is 1.61. The second kappa shape index (κ2) is 11.0. The largest absolute Gasteiger partial charge is 0.493 e. The number of amides is 1. The van der Waals surface area contributed by atoms with Crippen molar-refractivity contribution in [2.45, 2.75) is 32.7 Å². The lowest BCUT2D eigenvalue weighted by Crippen LogP contribution is -2.49. The number of benzene rings is 1.